The molecule has 0 aliphatic carbocycles. The fourth-order valence-corrected chi connectivity index (χ4v) is 7.31. The van der Waals surface area contributed by atoms with Crippen molar-refractivity contribution < 1.29 is 38.8 Å². The minimum atomic E-state index is -4.78. The molecule has 14 nitrogen and oxygen atoms in total. The van der Waals surface area contributed by atoms with Crippen LogP contribution in [0.2, 0.25) is 5.28 Å². The molecule has 0 radical (unpaired) electrons. The van der Waals surface area contributed by atoms with Gasteiger partial charge in [-0.1, -0.05) is 36.4 Å². The normalized spacial score (nSPS) is 23.6. The number of aromatic nitrogens is 4. The fourth-order valence-electron chi connectivity index (χ4n) is 4.29. The molecular formula is C21H23ClN6O8P2. The van der Waals surface area contributed by atoms with Gasteiger partial charge in [-0.25, -0.2) is 10.1 Å². The van der Waals surface area contributed by atoms with Gasteiger partial charge in [-0.2, -0.15) is 9.97 Å². The lowest BCUT2D eigenvalue weighted by atomic mass is 10.1. The number of benzene rings is 2. The number of hydrogen-bond donors (Lipinski definition) is 7. The molecule has 0 spiro atoms. The molecule has 4 aromatic rings. The quantitative estimate of drug-likeness (QED) is 0.117. The summed E-state index contributed by atoms with van der Waals surface area (Å²) in [6.45, 7) is -0.473. The lowest BCUT2D eigenvalue weighted by molar-refractivity contribution is -0.0331. The van der Waals surface area contributed by atoms with Gasteiger partial charge in [-0.3, -0.25) is 13.7 Å². The lowest BCUT2D eigenvalue weighted by Crippen LogP contribution is -2.37. The Bertz CT molecular complexity index is 1590. The first-order chi connectivity index (χ1) is 17.9. The summed E-state index contributed by atoms with van der Waals surface area (Å²) >= 11 is 6.20. The summed E-state index contributed by atoms with van der Waals surface area (Å²) in [5.41, 5.74) is 1.23. The molecule has 38 heavy (non-hydrogen) atoms. The van der Waals surface area contributed by atoms with E-state index >= 15 is 0 Å². The van der Waals surface area contributed by atoms with E-state index in [0.29, 0.717) is 11.3 Å². The maximum absolute atomic E-state index is 12.1. The van der Waals surface area contributed by atoms with Crippen LogP contribution in [0.15, 0.2) is 48.8 Å². The maximum Gasteiger partial charge on any atom is 0.336 e. The van der Waals surface area contributed by atoms with Crippen LogP contribution in [-0.4, -0.2) is 75.2 Å². The van der Waals surface area contributed by atoms with E-state index in [-0.39, 0.29) is 10.9 Å². The number of hydrogen-bond acceptors (Lipinski definition) is 9. The van der Waals surface area contributed by atoms with Crippen LogP contribution in [0.1, 0.15) is 6.23 Å². The van der Waals surface area contributed by atoms with Crippen LogP contribution in [-0.2, 0) is 13.9 Å². The number of halogens is 1. The molecule has 1 saturated heterocycles. The molecule has 5 unspecified atom stereocenters. The lowest BCUT2D eigenvalue weighted by Gasteiger charge is -2.19. The van der Waals surface area contributed by atoms with E-state index in [2.05, 4.69) is 25.4 Å². The van der Waals surface area contributed by atoms with Crippen LogP contribution >= 0.6 is 26.7 Å². The molecular weight excluding hydrogens is 562 g/mol. The Hall–Kier alpha value is -2.48. The Morgan fingerprint density at radius 1 is 1.03 bits per heavy atom. The summed E-state index contributed by atoms with van der Waals surface area (Å²) < 4.78 is 30.2. The van der Waals surface area contributed by atoms with E-state index < -0.39 is 52.1 Å². The first kappa shape index (κ1) is 27.1. The Labute approximate surface area is 219 Å². The summed E-state index contributed by atoms with van der Waals surface area (Å²) in [4.78, 5) is 40.6. The monoisotopic (exact) mass is 584 g/mol. The minimum absolute atomic E-state index is 0.119. The standard InChI is InChI=1S/C21H23ClN6O8P2/c22-21-26-18(25-13-7-3-5-11-4-1-2-6-12(11)13)15-19(27-21)28(9-23-15)20-17(30)16(29)14(36-20)8-24-37(31,32)10-38(33,34)35/h1-7,9,14,16-17,20,29-30H,8,10H2,(H2,24,31,32)(H,25,26,27)(H2,33,34,35). The first-order valence-electron chi connectivity index (χ1n) is 11.2. The topological polar surface area (TPSA) is 212 Å². The molecule has 202 valence electrons. The smallest absolute Gasteiger partial charge is 0.336 e. The number of aliphatic hydroxyl groups is 2. The molecule has 2 aromatic heterocycles. The van der Waals surface area contributed by atoms with Gasteiger partial charge < -0.3 is 34.9 Å². The second-order valence-corrected chi connectivity index (χ2v) is 13.3. The van der Waals surface area contributed by atoms with Gasteiger partial charge in [-0.05, 0) is 23.1 Å². The molecule has 7 N–H and O–H groups in total. The molecule has 0 saturated carbocycles. The summed E-state index contributed by atoms with van der Waals surface area (Å²) in [5.74, 6) is -0.997. The second-order valence-electron chi connectivity index (χ2n) is 8.73. The Kier molecular flexibility index (Phi) is 7.31. The fraction of sp³-hybridized carbons (Fsp3) is 0.286. The number of imidazole rings is 1. The highest BCUT2D eigenvalue weighted by molar-refractivity contribution is 7.71. The van der Waals surface area contributed by atoms with E-state index in [4.69, 9.17) is 26.1 Å². The summed E-state index contributed by atoms with van der Waals surface area (Å²) in [5, 5.41) is 28.3. The van der Waals surface area contributed by atoms with Crippen molar-refractivity contribution in [2.24, 2.45) is 0 Å². The molecule has 17 heteroatoms. The van der Waals surface area contributed by atoms with Gasteiger partial charge in [0.2, 0.25) is 5.28 Å². The number of nitrogens with one attached hydrogen (secondary N) is 2. The van der Waals surface area contributed by atoms with Crippen molar-refractivity contribution in [1.29, 1.82) is 0 Å². The van der Waals surface area contributed by atoms with Crippen molar-refractivity contribution in [2.75, 3.05) is 17.8 Å². The minimum Gasteiger partial charge on any atom is -0.387 e. The van der Waals surface area contributed by atoms with Gasteiger partial charge in [0.25, 0.3) is 7.52 Å². The van der Waals surface area contributed by atoms with Crippen molar-refractivity contribution in [1.82, 2.24) is 24.6 Å². The molecule has 1 aliphatic rings. The number of anilines is 2. The molecule has 2 aromatic carbocycles. The number of aliphatic hydroxyl groups excluding tert-OH is 2. The first-order valence-corrected chi connectivity index (χ1v) is 15.2. The van der Waals surface area contributed by atoms with E-state index in [1.807, 2.05) is 42.5 Å². The van der Waals surface area contributed by atoms with Crippen molar-refractivity contribution in [3.63, 3.8) is 0 Å². The molecule has 1 aliphatic heterocycles. The average Bonchev–Trinajstić information content (AvgIpc) is 3.37. The molecule has 0 amide bonds. The third-order valence-corrected chi connectivity index (χ3v) is 9.82. The van der Waals surface area contributed by atoms with Crippen molar-refractivity contribution in [3.05, 3.63) is 54.1 Å². The van der Waals surface area contributed by atoms with Gasteiger partial charge >= 0.3 is 7.60 Å². The van der Waals surface area contributed by atoms with Crippen LogP contribution in [0.3, 0.4) is 0 Å². The van der Waals surface area contributed by atoms with Crippen molar-refractivity contribution in [3.8, 4) is 0 Å². The number of nitrogens with zero attached hydrogens (tertiary/aromatic N) is 4. The van der Waals surface area contributed by atoms with Crippen molar-refractivity contribution >= 4 is 60.2 Å². The summed E-state index contributed by atoms with van der Waals surface area (Å²) in [6, 6.07) is 13.5. The number of fused-ring (bicyclic) bond motifs is 2. The van der Waals surface area contributed by atoms with Crippen LogP contribution < -0.4 is 10.4 Å². The van der Waals surface area contributed by atoms with E-state index in [9.17, 15) is 24.2 Å². The molecule has 5 atom stereocenters. The molecule has 3 heterocycles. The van der Waals surface area contributed by atoms with Crippen molar-refractivity contribution in [2.45, 2.75) is 24.5 Å². The zero-order valence-electron chi connectivity index (χ0n) is 19.4. The Morgan fingerprint density at radius 3 is 2.53 bits per heavy atom. The van der Waals surface area contributed by atoms with Gasteiger partial charge in [0.15, 0.2) is 23.2 Å². The second kappa shape index (κ2) is 10.2. The third-order valence-electron chi connectivity index (χ3n) is 5.96. The van der Waals surface area contributed by atoms with Gasteiger partial charge in [-0.15, -0.1) is 0 Å². The zero-order chi connectivity index (χ0) is 27.2. The summed E-state index contributed by atoms with van der Waals surface area (Å²) in [6.07, 6.45) is -4.09. The largest absolute Gasteiger partial charge is 0.387 e. The predicted molar refractivity (Wildman–Crippen MR) is 138 cm³/mol. The predicted octanol–water partition coefficient (Wildman–Crippen LogP) is 1.91. The maximum atomic E-state index is 12.1. The van der Waals surface area contributed by atoms with E-state index in [0.717, 1.165) is 16.5 Å². The highest BCUT2D eigenvalue weighted by Crippen LogP contribution is 2.52. The van der Waals surface area contributed by atoms with Gasteiger partial charge in [0.1, 0.15) is 24.2 Å². The zero-order valence-corrected chi connectivity index (χ0v) is 21.9. The molecule has 1 fully saturated rings. The van der Waals surface area contributed by atoms with Gasteiger partial charge in [0, 0.05) is 17.6 Å². The SMILES string of the molecule is O=P(O)(O)CP(=O)(O)NCC1OC(n2cnc3c(Nc4cccc5ccccc45)nc(Cl)nc32)C(O)C1O. The molecule has 0 bridgehead atoms. The number of rotatable bonds is 8. The Balaban J connectivity index is 1.41. The van der Waals surface area contributed by atoms with E-state index in [1.54, 1.807) is 0 Å². The average molecular weight is 585 g/mol. The summed E-state index contributed by atoms with van der Waals surface area (Å²) in [7, 11) is -9.22. The van der Waals surface area contributed by atoms with E-state index in [1.165, 1.54) is 10.9 Å². The van der Waals surface area contributed by atoms with Crippen LogP contribution in [0.4, 0.5) is 11.5 Å². The highest BCUT2D eigenvalue weighted by atomic mass is 35.5. The number of ether oxygens (including phenoxy) is 1. The van der Waals surface area contributed by atoms with Crippen LogP contribution in [0.5, 0.6) is 0 Å². The highest BCUT2D eigenvalue weighted by Gasteiger charge is 2.45. The van der Waals surface area contributed by atoms with Crippen LogP contribution in [0, 0.1) is 0 Å². The third kappa shape index (κ3) is 5.61. The van der Waals surface area contributed by atoms with Crippen LogP contribution in [0.25, 0.3) is 21.9 Å². The Morgan fingerprint density at radius 2 is 1.76 bits per heavy atom. The molecule has 5 rings (SSSR count). The van der Waals surface area contributed by atoms with Gasteiger partial charge in [0.05, 0.1) is 6.33 Å².